The Morgan fingerprint density at radius 3 is 2.37 bits per heavy atom. The summed E-state index contributed by atoms with van der Waals surface area (Å²) >= 11 is 6.09. The minimum absolute atomic E-state index is 0.0250. The molecule has 0 saturated carbocycles. The summed E-state index contributed by atoms with van der Waals surface area (Å²) < 4.78 is 39.8. The third-order valence-electron chi connectivity index (χ3n) is 5.37. The van der Waals surface area contributed by atoms with Gasteiger partial charge in [-0.3, -0.25) is 13.9 Å². The van der Waals surface area contributed by atoms with Crippen molar-refractivity contribution >= 4 is 39.1 Å². The Balaban J connectivity index is 2.17. The van der Waals surface area contributed by atoms with E-state index < -0.39 is 21.9 Å². The average molecular weight is 526 g/mol. The molecule has 2 aromatic rings. The van der Waals surface area contributed by atoms with Crippen LogP contribution >= 0.6 is 11.6 Å². The van der Waals surface area contributed by atoms with E-state index in [0.717, 1.165) is 16.1 Å². The van der Waals surface area contributed by atoms with Crippen LogP contribution in [0.25, 0.3) is 0 Å². The molecule has 0 aromatic heterocycles. The van der Waals surface area contributed by atoms with Gasteiger partial charge in [-0.2, -0.15) is 0 Å². The van der Waals surface area contributed by atoms with E-state index in [-0.39, 0.29) is 49.4 Å². The van der Waals surface area contributed by atoms with Gasteiger partial charge >= 0.3 is 0 Å². The monoisotopic (exact) mass is 525 g/mol. The second kappa shape index (κ2) is 12.9. The van der Waals surface area contributed by atoms with Gasteiger partial charge in [0.1, 0.15) is 11.9 Å². The molecule has 35 heavy (non-hydrogen) atoms. The molecular formula is C25H33ClFN3O4S. The highest BCUT2D eigenvalue weighted by Gasteiger charge is 2.27. The van der Waals surface area contributed by atoms with Crippen molar-refractivity contribution in [3.8, 4) is 0 Å². The molecule has 0 spiro atoms. The quantitative estimate of drug-likeness (QED) is 0.449. The van der Waals surface area contributed by atoms with Crippen molar-refractivity contribution in [1.82, 2.24) is 10.2 Å². The van der Waals surface area contributed by atoms with Crippen molar-refractivity contribution in [1.29, 1.82) is 0 Å². The largest absolute Gasteiger partial charge is 0.354 e. The fraction of sp³-hybridized carbons (Fsp3) is 0.440. The number of nitrogens with zero attached hydrogens (tertiary/aromatic N) is 2. The van der Waals surface area contributed by atoms with Gasteiger partial charge in [0.05, 0.1) is 11.9 Å². The van der Waals surface area contributed by atoms with Crippen LogP contribution in [-0.4, -0.2) is 50.5 Å². The third-order valence-corrected chi connectivity index (χ3v) is 6.78. The van der Waals surface area contributed by atoms with Crippen molar-refractivity contribution in [2.45, 2.75) is 46.2 Å². The predicted octanol–water partition coefficient (Wildman–Crippen LogP) is 4.21. The van der Waals surface area contributed by atoms with E-state index in [1.54, 1.807) is 31.2 Å². The first-order chi connectivity index (χ1) is 16.4. The molecule has 0 aliphatic rings. The number of hydrogen-bond acceptors (Lipinski definition) is 4. The maximum atomic E-state index is 14.2. The number of carbonyl (C=O) groups is 2. The van der Waals surface area contributed by atoms with Gasteiger partial charge in [-0.05, 0) is 49.1 Å². The second-order valence-electron chi connectivity index (χ2n) is 8.86. The first kappa shape index (κ1) is 28.6. The highest BCUT2D eigenvalue weighted by atomic mass is 35.5. The van der Waals surface area contributed by atoms with E-state index in [0.29, 0.717) is 11.6 Å². The third kappa shape index (κ3) is 8.81. The summed E-state index contributed by atoms with van der Waals surface area (Å²) in [4.78, 5) is 27.4. The second-order valence-corrected chi connectivity index (χ2v) is 11.2. The number of carbonyl (C=O) groups excluding carboxylic acids is 2. The highest BCUT2D eigenvalue weighted by Crippen LogP contribution is 2.22. The fourth-order valence-electron chi connectivity index (χ4n) is 3.50. The molecule has 1 atom stereocenters. The maximum Gasteiger partial charge on any atom is 0.242 e. The molecule has 2 rings (SSSR count). The average Bonchev–Trinajstić information content (AvgIpc) is 2.78. The molecule has 192 valence electrons. The Morgan fingerprint density at radius 2 is 1.77 bits per heavy atom. The van der Waals surface area contributed by atoms with Gasteiger partial charge < -0.3 is 10.2 Å². The van der Waals surface area contributed by atoms with Gasteiger partial charge in [0.2, 0.25) is 21.8 Å². The lowest BCUT2D eigenvalue weighted by Gasteiger charge is -2.29. The van der Waals surface area contributed by atoms with E-state index >= 15 is 0 Å². The van der Waals surface area contributed by atoms with Crippen LogP contribution in [0.5, 0.6) is 0 Å². The van der Waals surface area contributed by atoms with E-state index in [2.05, 4.69) is 5.32 Å². The molecule has 7 nitrogen and oxygen atoms in total. The van der Waals surface area contributed by atoms with Crippen molar-refractivity contribution in [2.75, 3.05) is 23.7 Å². The van der Waals surface area contributed by atoms with Crippen LogP contribution in [-0.2, 0) is 26.2 Å². The van der Waals surface area contributed by atoms with Crippen LogP contribution in [0.3, 0.4) is 0 Å². The summed E-state index contributed by atoms with van der Waals surface area (Å²) in [5.74, 6) is -1.01. The summed E-state index contributed by atoms with van der Waals surface area (Å²) in [5.41, 5.74) is 0.693. The summed E-state index contributed by atoms with van der Waals surface area (Å²) in [6, 6.07) is 11.9. The van der Waals surface area contributed by atoms with Gasteiger partial charge in [-0.15, -0.1) is 0 Å². The van der Waals surface area contributed by atoms with Crippen LogP contribution in [0, 0.1) is 11.7 Å². The highest BCUT2D eigenvalue weighted by molar-refractivity contribution is 7.92. The number of anilines is 1. The molecule has 0 saturated heterocycles. The molecule has 0 aliphatic heterocycles. The Hall–Kier alpha value is -2.65. The van der Waals surface area contributed by atoms with Crippen molar-refractivity contribution in [3.05, 3.63) is 64.9 Å². The molecule has 0 bridgehead atoms. The Kier molecular flexibility index (Phi) is 10.5. The lowest BCUT2D eigenvalue weighted by Crippen LogP contribution is -2.48. The maximum absolute atomic E-state index is 14.2. The topological polar surface area (TPSA) is 86.8 Å². The van der Waals surface area contributed by atoms with Gasteiger partial charge in [0.15, 0.2) is 0 Å². The molecule has 0 radical (unpaired) electrons. The standard InChI is InChI=1S/C25H33ClFN3O4S/c1-18(2)16-28-25(32)19(3)29(17-20-9-7-10-21(26)15-20)24(31)13-8-14-30(35(4,33)34)23-12-6-5-11-22(23)27/h5-7,9-12,15,18-19H,8,13-14,16-17H2,1-4H3,(H,28,32)/t19-/m0/s1. The van der Waals surface area contributed by atoms with E-state index in [1.807, 2.05) is 19.9 Å². The lowest BCUT2D eigenvalue weighted by molar-refractivity contribution is -0.140. The zero-order valence-corrected chi connectivity index (χ0v) is 22.1. The van der Waals surface area contributed by atoms with Crippen molar-refractivity contribution < 1.29 is 22.4 Å². The normalized spacial score (nSPS) is 12.3. The zero-order chi connectivity index (χ0) is 26.2. The molecule has 0 heterocycles. The zero-order valence-electron chi connectivity index (χ0n) is 20.5. The number of amides is 2. The number of para-hydroxylation sites is 1. The summed E-state index contributed by atoms with van der Waals surface area (Å²) in [6.07, 6.45) is 1.11. The number of nitrogens with one attached hydrogen (secondary N) is 1. The molecule has 0 unspecified atom stereocenters. The van der Waals surface area contributed by atoms with E-state index in [1.165, 1.54) is 23.1 Å². The molecule has 2 amide bonds. The first-order valence-corrected chi connectivity index (χ1v) is 13.7. The number of benzene rings is 2. The van der Waals surface area contributed by atoms with Gasteiger partial charge in [-0.1, -0.05) is 49.7 Å². The minimum Gasteiger partial charge on any atom is -0.354 e. The smallest absolute Gasteiger partial charge is 0.242 e. The molecule has 0 aliphatic carbocycles. The van der Waals surface area contributed by atoms with Crippen LogP contribution in [0.2, 0.25) is 5.02 Å². The first-order valence-electron chi connectivity index (χ1n) is 11.4. The van der Waals surface area contributed by atoms with E-state index in [4.69, 9.17) is 11.6 Å². The molecule has 10 heteroatoms. The lowest BCUT2D eigenvalue weighted by atomic mass is 10.1. The van der Waals surface area contributed by atoms with Crippen LogP contribution in [0.1, 0.15) is 39.2 Å². The van der Waals surface area contributed by atoms with E-state index in [9.17, 15) is 22.4 Å². The molecule has 0 fully saturated rings. The fourth-order valence-corrected chi connectivity index (χ4v) is 4.68. The van der Waals surface area contributed by atoms with Gasteiger partial charge in [0, 0.05) is 31.1 Å². The Bertz CT molecular complexity index is 1130. The SMILES string of the molecule is CC(C)CNC(=O)[C@H](C)N(Cc1cccc(Cl)c1)C(=O)CCCN(c1ccccc1F)S(C)(=O)=O. The summed E-state index contributed by atoms with van der Waals surface area (Å²) in [6.45, 7) is 6.17. The predicted molar refractivity (Wildman–Crippen MR) is 137 cm³/mol. The summed E-state index contributed by atoms with van der Waals surface area (Å²) in [7, 11) is -3.77. The van der Waals surface area contributed by atoms with Crippen molar-refractivity contribution in [2.24, 2.45) is 5.92 Å². The van der Waals surface area contributed by atoms with Crippen LogP contribution in [0.4, 0.5) is 10.1 Å². The number of sulfonamides is 1. The molecule has 1 N–H and O–H groups in total. The molecular weight excluding hydrogens is 493 g/mol. The van der Waals surface area contributed by atoms with Gasteiger partial charge in [0.25, 0.3) is 0 Å². The summed E-state index contributed by atoms with van der Waals surface area (Å²) in [5, 5.41) is 3.36. The Labute approximate surface area is 212 Å². The van der Waals surface area contributed by atoms with Crippen molar-refractivity contribution in [3.63, 3.8) is 0 Å². The minimum atomic E-state index is -3.77. The molecule has 2 aromatic carbocycles. The number of hydrogen-bond donors (Lipinski definition) is 1. The number of rotatable bonds is 12. The number of halogens is 2. The van der Waals surface area contributed by atoms with Gasteiger partial charge in [-0.25, -0.2) is 12.8 Å². The Morgan fingerprint density at radius 1 is 1.09 bits per heavy atom. The van der Waals surface area contributed by atoms with Crippen LogP contribution < -0.4 is 9.62 Å². The van der Waals surface area contributed by atoms with Crippen LogP contribution in [0.15, 0.2) is 48.5 Å².